The lowest BCUT2D eigenvalue weighted by atomic mass is 9.94. The van der Waals surface area contributed by atoms with Crippen LogP contribution in [0.5, 0.6) is 11.5 Å². The van der Waals surface area contributed by atoms with Crippen molar-refractivity contribution in [3.63, 3.8) is 0 Å². The van der Waals surface area contributed by atoms with Crippen molar-refractivity contribution in [2.24, 2.45) is 0 Å². The molecule has 31 heavy (non-hydrogen) atoms. The Morgan fingerprint density at radius 2 is 2.03 bits per heavy atom. The van der Waals surface area contributed by atoms with Gasteiger partial charge in [0.05, 0.1) is 30.7 Å². The summed E-state index contributed by atoms with van der Waals surface area (Å²) in [5, 5.41) is 12.6. The van der Waals surface area contributed by atoms with E-state index in [2.05, 4.69) is 4.98 Å². The van der Waals surface area contributed by atoms with E-state index in [0.29, 0.717) is 21.9 Å². The van der Waals surface area contributed by atoms with Crippen molar-refractivity contribution in [1.82, 2.24) is 9.88 Å². The van der Waals surface area contributed by atoms with Crippen LogP contribution in [0.4, 0.5) is 0 Å². The van der Waals surface area contributed by atoms with Gasteiger partial charge < -0.3 is 19.5 Å². The fourth-order valence-corrected chi connectivity index (χ4v) is 4.33. The molecule has 0 unspecified atom stereocenters. The first kappa shape index (κ1) is 20.6. The maximum Gasteiger partial charge on any atom is 0.290 e. The van der Waals surface area contributed by atoms with Crippen molar-refractivity contribution in [3.05, 3.63) is 87.6 Å². The van der Waals surface area contributed by atoms with Crippen molar-refractivity contribution in [3.8, 4) is 11.5 Å². The Kier molecular flexibility index (Phi) is 5.73. The van der Waals surface area contributed by atoms with Crippen LogP contribution in [0.25, 0.3) is 0 Å². The number of aliphatic hydroxyl groups excluding tert-OH is 1. The summed E-state index contributed by atoms with van der Waals surface area (Å²) in [5.41, 5.74) is 1.33. The minimum atomic E-state index is -0.854. The molecule has 0 radical (unpaired) electrons. The molecule has 3 heterocycles. The third kappa shape index (κ3) is 3.77. The van der Waals surface area contributed by atoms with Gasteiger partial charge >= 0.3 is 0 Å². The Balaban J connectivity index is 1.87. The second-order valence-electron chi connectivity index (χ2n) is 6.87. The number of benzene rings is 1. The SMILES string of the molecule is COc1ccc(OC)c([C@@H]2C(C(=O)c3cccs3)=C(O)C(=O)N2Cc2cccnc2)c1. The maximum absolute atomic E-state index is 13.3. The zero-order chi connectivity index (χ0) is 22.0. The summed E-state index contributed by atoms with van der Waals surface area (Å²) in [4.78, 5) is 32.4. The van der Waals surface area contributed by atoms with Gasteiger partial charge in [-0.1, -0.05) is 12.1 Å². The number of hydrogen-bond donors (Lipinski definition) is 1. The van der Waals surface area contributed by atoms with Crippen LogP contribution in [0.1, 0.15) is 26.8 Å². The molecule has 0 saturated heterocycles. The summed E-state index contributed by atoms with van der Waals surface area (Å²) in [6.45, 7) is 0.156. The van der Waals surface area contributed by atoms with Gasteiger partial charge in [-0.2, -0.15) is 0 Å². The van der Waals surface area contributed by atoms with E-state index in [1.807, 2.05) is 6.07 Å². The molecular weight excluding hydrogens is 416 g/mol. The molecule has 158 valence electrons. The Labute approximate surface area is 183 Å². The highest BCUT2D eigenvalue weighted by molar-refractivity contribution is 7.12. The number of carbonyl (C=O) groups excluding carboxylic acids is 2. The lowest BCUT2D eigenvalue weighted by Crippen LogP contribution is -2.31. The molecule has 0 bridgehead atoms. The molecule has 4 rings (SSSR count). The minimum absolute atomic E-state index is 0.0166. The number of nitrogens with zero attached hydrogens (tertiary/aromatic N) is 2. The number of methoxy groups -OCH3 is 2. The number of aromatic nitrogens is 1. The van der Waals surface area contributed by atoms with Crippen molar-refractivity contribution >= 4 is 23.0 Å². The van der Waals surface area contributed by atoms with Crippen LogP contribution in [-0.2, 0) is 11.3 Å². The van der Waals surface area contributed by atoms with Crippen LogP contribution in [0, 0.1) is 0 Å². The predicted octanol–water partition coefficient (Wildman–Crippen LogP) is 3.94. The van der Waals surface area contributed by atoms with E-state index in [1.165, 1.54) is 30.5 Å². The molecule has 1 N–H and O–H groups in total. The summed E-state index contributed by atoms with van der Waals surface area (Å²) in [5.74, 6) is -0.569. The molecule has 8 heteroatoms. The molecule has 7 nitrogen and oxygen atoms in total. The van der Waals surface area contributed by atoms with Gasteiger partial charge in [-0.15, -0.1) is 11.3 Å². The number of carbonyl (C=O) groups is 2. The van der Waals surface area contributed by atoms with E-state index >= 15 is 0 Å². The van der Waals surface area contributed by atoms with Crippen LogP contribution in [0.3, 0.4) is 0 Å². The highest BCUT2D eigenvalue weighted by atomic mass is 32.1. The first-order chi connectivity index (χ1) is 15.0. The maximum atomic E-state index is 13.3. The third-order valence-corrected chi connectivity index (χ3v) is 5.97. The van der Waals surface area contributed by atoms with Gasteiger partial charge in [-0.25, -0.2) is 0 Å². The number of aliphatic hydroxyl groups is 1. The number of ether oxygens (including phenoxy) is 2. The van der Waals surface area contributed by atoms with Crippen LogP contribution >= 0.6 is 11.3 Å². The van der Waals surface area contributed by atoms with Crippen LogP contribution in [0.15, 0.2) is 71.6 Å². The molecule has 0 saturated carbocycles. The molecule has 2 aromatic heterocycles. The van der Waals surface area contributed by atoms with E-state index < -0.39 is 23.5 Å². The van der Waals surface area contributed by atoms with Crippen molar-refractivity contribution in [1.29, 1.82) is 0 Å². The summed E-state index contributed by atoms with van der Waals surface area (Å²) >= 11 is 1.25. The average Bonchev–Trinajstić information content (AvgIpc) is 3.42. The highest BCUT2D eigenvalue weighted by Gasteiger charge is 2.45. The summed E-state index contributed by atoms with van der Waals surface area (Å²) in [6.07, 6.45) is 3.28. The molecule has 3 aromatic rings. The van der Waals surface area contributed by atoms with E-state index in [4.69, 9.17) is 9.47 Å². The lowest BCUT2D eigenvalue weighted by molar-refractivity contribution is -0.130. The summed E-state index contributed by atoms with van der Waals surface area (Å²) in [7, 11) is 3.04. The highest BCUT2D eigenvalue weighted by Crippen LogP contribution is 2.44. The Morgan fingerprint density at radius 3 is 2.68 bits per heavy atom. The van der Waals surface area contributed by atoms with E-state index in [1.54, 1.807) is 54.2 Å². The molecule has 1 atom stereocenters. The Bertz CT molecular complexity index is 1140. The normalized spacial score (nSPS) is 16.0. The van der Waals surface area contributed by atoms with Crippen LogP contribution in [-0.4, -0.2) is 40.9 Å². The second-order valence-corrected chi connectivity index (χ2v) is 7.82. The van der Waals surface area contributed by atoms with Crippen molar-refractivity contribution < 1.29 is 24.2 Å². The average molecular weight is 436 g/mol. The number of pyridine rings is 1. The largest absolute Gasteiger partial charge is 0.503 e. The van der Waals surface area contributed by atoms with Crippen molar-refractivity contribution in [2.75, 3.05) is 14.2 Å². The number of ketones is 1. The Hall–Kier alpha value is -3.65. The van der Waals surface area contributed by atoms with E-state index in [0.717, 1.165) is 5.56 Å². The van der Waals surface area contributed by atoms with Gasteiger partial charge in [0.15, 0.2) is 5.76 Å². The van der Waals surface area contributed by atoms with Crippen molar-refractivity contribution in [2.45, 2.75) is 12.6 Å². The van der Waals surface area contributed by atoms with Crippen LogP contribution in [0.2, 0.25) is 0 Å². The lowest BCUT2D eigenvalue weighted by Gasteiger charge is -2.28. The van der Waals surface area contributed by atoms with E-state index in [-0.39, 0.29) is 12.1 Å². The molecule has 1 aliphatic heterocycles. The number of Topliss-reactive ketones (excluding diaryl/α,β-unsaturated/α-hetero) is 1. The molecule has 1 amide bonds. The zero-order valence-corrected chi connectivity index (χ0v) is 17.8. The Morgan fingerprint density at radius 1 is 1.19 bits per heavy atom. The number of amides is 1. The van der Waals surface area contributed by atoms with E-state index in [9.17, 15) is 14.7 Å². The predicted molar refractivity (Wildman–Crippen MR) is 115 cm³/mol. The van der Waals surface area contributed by atoms with Gasteiger partial charge in [0.1, 0.15) is 11.5 Å². The first-order valence-electron chi connectivity index (χ1n) is 9.48. The number of thiophene rings is 1. The first-order valence-corrected chi connectivity index (χ1v) is 10.4. The van der Waals surface area contributed by atoms with Gasteiger partial charge in [0.25, 0.3) is 5.91 Å². The summed E-state index contributed by atoms with van der Waals surface area (Å²) < 4.78 is 10.9. The molecule has 0 aliphatic carbocycles. The van der Waals surface area contributed by atoms with Crippen LogP contribution < -0.4 is 9.47 Å². The second kappa shape index (κ2) is 8.61. The topological polar surface area (TPSA) is 89.0 Å². The quantitative estimate of drug-likeness (QED) is 0.565. The standard InChI is InChI=1S/C23H20N2O5S/c1-29-15-7-8-17(30-2)16(11-15)20-19(21(26)18-6-4-10-31-18)22(27)23(28)25(20)13-14-5-3-9-24-12-14/h3-12,20,27H,13H2,1-2H3/t20-/m1/s1. The molecule has 1 aromatic carbocycles. The zero-order valence-electron chi connectivity index (χ0n) is 16.9. The smallest absolute Gasteiger partial charge is 0.290 e. The van der Waals surface area contributed by atoms with Gasteiger partial charge in [-0.3, -0.25) is 14.6 Å². The molecule has 0 fully saturated rings. The molecular formula is C23H20N2O5S. The third-order valence-electron chi connectivity index (χ3n) is 5.10. The molecule has 1 aliphatic rings. The van der Waals surface area contributed by atoms with Gasteiger partial charge in [-0.05, 0) is 41.3 Å². The van der Waals surface area contributed by atoms with Gasteiger partial charge in [0.2, 0.25) is 5.78 Å². The number of hydrogen-bond acceptors (Lipinski definition) is 7. The fourth-order valence-electron chi connectivity index (χ4n) is 3.65. The monoisotopic (exact) mass is 436 g/mol. The minimum Gasteiger partial charge on any atom is -0.503 e. The molecule has 0 spiro atoms. The van der Waals surface area contributed by atoms with Gasteiger partial charge in [0, 0.05) is 24.5 Å². The number of rotatable bonds is 7. The fraction of sp³-hybridized carbons (Fsp3) is 0.174. The summed E-state index contributed by atoms with van der Waals surface area (Å²) in [6, 6.07) is 11.3.